The first-order valence-electron chi connectivity index (χ1n) is 8.27. The van der Waals surface area contributed by atoms with Gasteiger partial charge < -0.3 is 14.5 Å². The monoisotopic (exact) mass is 364 g/mol. The van der Waals surface area contributed by atoms with Crippen molar-refractivity contribution in [1.29, 1.82) is 0 Å². The summed E-state index contributed by atoms with van der Waals surface area (Å²) in [6.45, 7) is 6.62. The lowest BCUT2D eigenvalue weighted by molar-refractivity contribution is 0.0270. The maximum absolute atomic E-state index is 12.1. The van der Waals surface area contributed by atoms with Crippen LogP contribution in [0.3, 0.4) is 0 Å². The molecule has 2 amide bonds. The molecule has 0 radical (unpaired) electrons. The van der Waals surface area contributed by atoms with Gasteiger partial charge >= 0.3 is 6.09 Å². The molecule has 1 aromatic rings. The van der Waals surface area contributed by atoms with Crippen LogP contribution in [0.2, 0.25) is 5.02 Å². The largest absolute Gasteiger partial charge is 0.444 e. The molecule has 6 heteroatoms. The fourth-order valence-corrected chi connectivity index (χ4v) is 2.87. The molecular formula is C19H25ClN2O3. The van der Waals surface area contributed by atoms with Crippen molar-refractivity contribution >= 4 is 29.2 Å². The second-order valence-corrected chi connectivity index (χ2v) is 7.71. The number of hydrogen-bond donors (Lipinski definition) is 0. The molecule has 0 aromatic heterocycles. The molecule has 0 N–H and O–H groups in total. The van der Waals surface area contributed by atoms with Gasteiger partial charge in [-0.3, -0.25) is 4.79 Å². The van der Waals surface area contributed by atoms with E-state index in [0.29, 0.717) is 30.1 Å². The number of carbonyl (C=O) groups is 2. The molecule has 1 aliphatic heterocycles. The van der Waals surface area contributed by atoms with Gasteiger partial charge in [0.15, 0.2) is 0 Å². The number of ether oxygens (including phenoxy) is 1. The van der Waals surface area contributed by atoms with E-state index in [0.717, 1.165) is 11.1 Å². The van der Waals surface area contributed by atoms with Crippen LogP contribution in [0.25, 0.3) is 5.57 Å². The molecule has 1 aliphatic rings. The second kappa shape index (κ2) is 7.48. The lowest BCUT2D eigenvalue weighted by Gasteiger charge is -2.29. The quantitative estimate of drug-likeness (QED) is 0.794. The van der Waals surface area contributed by atoms with E-state index >= 15 is 0 Å². The smallest absolute Gasteiger partial charge is 0.410 e. The number of hydrogen-bond acceptors (Lipinski definition) is 3. The van der Waals surface area contributed by atoms with Crippen LogP contribution in [0.5, 0.6) is 0 Å². The van der Waals surface area contributed by atoms with E-state index in [9.17, 15) is 9.59 Å². The highest BCUT2D eigenvalue weighted by molar-refractivity contribution is 6.32. The minimum Gasteiger partial charge on any atom is -0.444 e. The van der Waals surface area contributed by atoms with Gasteiger partial charge in [-0.05, 0) is 50.5 Å². The highest BCUT2D eigenvalue weighted by atomic mass is 35.5. The van der Waals surface area contributed by atoms with E-state index in [2.05, 4.69) is 0 Å². The Kier molecular flexibility index (Phi) is 5.78. The standard InChI is InChI=1S/C19H25ClN2O3/c1-19(2,3)25-18(24)22-10-8-13(9-11-22)15-7-6-14(12-16(15)20)17(23)21(4)5/h6-8,12H,9-11H2,1-5H3. The summed E-state index contributed by atoms with van der Waals surface area (Å²) in [5, 5.41) is 0.546. The van der Waals surface area contributed by atoms with Crippen LogP contribution in [-0.2, 0) is 4.74 Å². The topological polar surface area (TPSA) is 49.9 Å². The summed E-state index contributed by atoms with van der Waals surface area (Å²) < 4.78 is 5.40. The molecule has 0 unspecified atom stereocenters. The Balaban J connectivity index is 2.11. The zero-order valence-electron chi connectivity index (χ0n) is 15.4. The lowest BCUT2D eigenvalue weighted by atomic mass is 9.98. The Morgan fingerprint density at radius 2 is 1.92 bits per heavy atom. The summed E-state index contributed by atoms with van der Waals surface area (Å²) in [5.41, 5.74) is 2.04. The van der Waals surface area contributed by atoms with E-state index in [1.807, 2.05) is 32.9 Å². The first-order valence-corrected chi connectivity index (χ1v) is 8.65. The van der Waals surface area contributed by atoms with E-state index in [1.54, 1.807) is 31.1 Å². The second-order valence-electron chi connectivity index (χ2n) is 7.30. The Hall–Kier alpha value is -2.01. The van der Waals surface area contributed by atoms with Crippen molar-refractivity contribution in [2.45, 2.75) is 32.8 Å². The van der Waals surface area contributed by atoms with Crippen LogP contribution in [0.15, 0.2) is 24.3 Å². The average Bonchev–Trinajstić information content (AvgIpc) is 2.52. The van der Waals surface area contributed by atoms with Crippen molar-refractivity contribution in [2.24, 2.45) is 0 Å². The van der Waals surface area contributed by atoms with Gasteiger partial charge in [0.2, 0.25) is 0 Å². The number of benzene rings is 1. The van der Waals surface area contributed by atoms with Crippen molar-refractivity contribution in [1.82, 2.24) is 9.80 Å². The number of amides is 2. The molecule has 0 atom stereocenters. The van der Waals surface area contributed by atoms with Gasteiger partial charge in [-0.25, -0.2) is 4.79 Å². The fraction of sp³-hybridized carbons (Fsp3) is 0.474. The Morgan fingerprint density at radius 3 is 2.40 bits per heavy atom. The van der Waals surface area contributed by atoms with Crippen LogP contribution in [0.4, 0.5) is 4.79 Å². The van der Waals surface area contributed by atoms with E-state index in [1.165, 1.54) is 4.90 Å². The lowest BCUT2D eigenvalue weighted by Crippen LogP contribution is -2.39. The molecule has 2 rings (SSSR count). The molecule has 1 heterocycles. The molecule has 136 valence electrons. The number of rotatable bonds is 2. The van der Waals surface area contributed by atoms with E-state index in [4.69, 9.17) is 16.3 Å². The van der Waals surface area contributed by atoms with Gasteiger partial charge in [-0.2, -0.15) is 0 Å². The molecule has 5 nitrogen and oxygen atoms in total. The Labute approximate surface area is 154 Å². The third-order valence-electron chi connectivity index (χ3n) is 3.83. The maximum atomic E-state index is 12.1. The predicted molar refractivity (Wildman–Crippen MR) is 99.9 cm³/mol. The van der Waals surface area contributed by atoms with Gasteiger partial charge in [0.1, 0.15) is 5.60 Å². The van der Waals surface area contributed by atoms with Crippen LogP contribution in [0.1, 0.15) is 43.1 Å². The third kappa shape index (κ3) is 4.98. The van der Waals surface area contributed by atoms with Crippen molar-refractivity contribution in [3.8, 4) is 0 Å². The first kappa shape index (κ1) is 19.3. The highest BCUT2D eigenvalue weighted by Gasteiger charge is 2.24. The summed E-state index contributed by atoms with van der Waals surface area (Å²) in [4.78, 5) is 27.3. The molecule has 0 spiro atoms. The summed E-state index contributed by atoms with van der Waals surface area (Å²) in [6, 6.07) is 5.35. The van der Waals surface area contributed by atoms with Gasteiger partial charge in [0.25, 0.3) is 5.91 Å². The van der Waals surface area contributed by atoms with Crippen molar-refractivity contribution < 1.29 is 14.3 Å². The SMILES string of the molecule is CN(C)C(=O)c1ccc(C2=CCN(C(=O)OC(C)(C)C)CC2)c(Cl)c1. The summed E-state index contributed by atoms with van der Waals surface area (Å²) in [6.07, 6.45) is 2.38. The zero-order valence-corrected chi connectivity index (χ0v) is 16.2. The van der Waals surface area contributed by atoms with Crippen molar-refractivity contribution in [2.75, 3.05) is 27.2 Å². The van der Waals surface area contributed by atoms with Gasteiger partial charge in [0.05, 0.1) is 0 Å². The number of halogens is 1. The minimum atomic E-state index is -0.501. The van der Waals surface area contributed by atoms with Gasteiger partial charge in [-0.15, -0.1) is 0 Å². The van der Waals surface area contributed by atoms with E-state index < -0.39 is 5.60 Å². The predicted octanol–water partition coefficient (Wildman–Crippen LogP) is 4.07. The van der Waals surface area contributed by atoms with Gasteiger partial charge in [-0.1, -0.05) is 23.7 Å². The van der Waals surface area contributed by atoms with Gasteiger partial charge in [0, 0.05) is 37.8 Å². The van der Waals surface area contributed by atoms with E-state index in [-0.39, 0.29) is 12.0 Å². The summed E-state index contributed by atoms with van der Waals surface area (Å²) >= 11 is 6.38. The summed E-state index contributed by atoms with van der Waals surface area (Å²) in [5.74, 6) is -0.0813. The van der Waals surface area contributed by atoms with Crippen LogP contribution < -0.4 is 0 Å². The maximum Gasteiger partial charge on any atom is 0.410 e. The number of carbonyl (C=O) groups excluding carboxylic acids is 2. The zero-order chi connectivity index (χ0) is 18.8. The molecule has 0 saturated carbocycles. The minimum absolute atomic E-state index is 0.0813. The third-order valence-corrected chi connectivity index (χ3v) is 4.14. The van der Waals surface area contributed by atoms with Crippen LogP contribution in [0, 0.1) is 0 Å². The Bertz CT molecular complexity index is 705. The Morgan fingerprint density at radius 1 is 1.24 bits per heavy atom. The normalized spacial score (nSPS) is 14.8. The van der Waals surface area contributed by atoms with Crippen molar-refractivity contribution in [3.05, 3.63) is 40.4 Å². The molecule has 0 aliphatic carbocycles. The molecule has 0 fully saturated rings. The molecule has 0 saturated heterocycles. The molecule has 1 aromatic carbocycles. The first-order chi connectivity index (χ1) is 11.6. The fourth-order valence-electron chi connectivity index (χ4n) is 2.57. The highest BCUT2D eigenvalue weighted by Crippen LogP contribution is 2.30. The van der Waals surface area contributed by atoms with Crippen molar-refractivity contribution in [3.63, 3.8) is 0 Å². The molecular weight excluding hydrogens is 340 g/mol. The van der Waals surface area contributed by atoms with Crippen LogP contribution >= 0.6 is 11.6 Å². The molecule has 25 heavy (non-hydrogen) atoms. The number of nitrogens with zero attached hydrogens (tertiary/aromatic N) is 2. The van der Waals surface area contributed by atoms with Crippen LogP contribution in [-0.4, -0.2) is 54.6 Å². The average molecular weight is 365 g/mol. The molecule has 0 bridgehead atoms. The summed E-state index contributed by atoms with van der Waals surface area (Å²) in [7, 11) is 3.41.